The molecule has 3 aromatic rings. The number of rotatable bonds is 3. The normalized spacial score (nSPS) is 15.0. The fraction of sp³-hybridized carbons (Fsp3) is 0.350. The predicted molar refractivity (Wildman–Crippen MR) is 105 cm³/mol. The van der Waals surface area contributed by atoms with Gasteiger partial charge in [-0.2, -0.15) is 0 Å². The van der Waals surface area contributed by atoms with Crippen LogP contribution in [0.4, 0.5) is 0 Å². The highest BCUT2D eigenvalue weighted by atomic mass is 32.2. The molecule has 0 spiro atoms. The Morgan fingerprint density at radius 3 is 2.42 bits per heavy atom. The molecule has 4 rings (SSSR count). The quantitative estimate of drug-likeness (QED) is 0.697. The second kappa shape index (κ2) is 6.85. The van der Waals surface area contributed by atoms with E-state index in [0.717, 1.165) is 35.6 Å². The first-order valence-corrected chi connectivity index (χ1v) is 9.77. The first kappa shape index (κ1) is 17.2. The monoisotopic (exact) mass is 365 g/mol. The van der Waals surface area contributed by atoms with Crippen LogP contribution >= 0.6 is 11.8 Å². The van der Waals surface area contributed by atoms with Crippen LogP contribution < -0.4 is 0 Å². The van der Waals surface area contributed by atoms with Gasteiger partial charge in [-0.15, -0.1) is 10.2 Å². The number of nitrogens with zero attached hydrogens (tertiary/aromatic N) is 5. The van der Waals surface area contributed by atoms with Crippen LogP contribution in [0.1, 0.15) is 31.9 Å². The van der Waals surface area contributed by atoms with E-state index in [9.17, 15) is 0 Å². The second-order valence-electron chi connectivity index (χ2n) is 7.66. The fourth-order valence-corrected chi connectivity index (χ4v) is 3.96. The SMILES string of the molecule is CC(C)(C)c1ccc(-c2nnc3n2CN(Cc2ccncc2)CS3)cc1. The highest BCUT2D eigenvalue weighted by Crippen LogP contribution is 2.31. The summed E-state index contributed by atoms with van der Waals surface area (Å²) in [6.45, 7) is 8.39. The van der Waals surface area contributed by atoms with E-state index in [1.807, 2.05) is 12.4 Å². The largest absolute Gasteiger partial charge is 0.288 e. The van der Waals surface area contributed by atoms with Gasteiger partial charge in [-0.1, -0.05) is 56.8 Å². The van der Waals surface area contributed by atoms with Gasteiger partial charge in [0, 0.05) is 24.5 Å². The smallest absolute Gasteiger partial charge is 0.193 e. The number of fused-ring (bicyclic) bond motifs is 1. The summed E-state index contributed by atoms with van der Waals surface area (Å²) >= 11 is 1.74. The van der Waals surface area contributed by atoms with Crippen molar-refractivity contribution in [1.29, 1.82) is 0 Å². The molecule has 2 aromatic heterocycles. The van der Waals surface area contributed by atoms with Crippen molar-refractivity contribution in [2.24, 2.45) is 0 Å². The Morgan fingerprint density at radius 2 is 1.73 bits per heavy atom. The molecule has 26 heavy (non-hydrogen) atoms. The van der Waals surface area contributed by atoms with Crippen LogP contribution in [0.5, 0.6) is 0 Å². The lowest BCUT2D eigenvalue weighted by Crippen LogP contribution is -2.30. The molecule has 3 heterocycles. The number of aromatic nitrogens is 4. The summed E-state index contributed by atoms with van der Waals surface area (Å²) in [6, 6.07) is 12.8. The van der Waals surface area contributed by atoms with Gasteiger partial charge in [0.2, 0.25) is 0 Å². The van der Waals surface area contributed by atoms with Crippen molar-refractivity contribution >= 4 is 11.8 Å². The van der Waals surface area contributed by atoms with E-state index >= 15 is 0 Å². The molecule has 0 saturated heterocycles. The second-order valence-corrected chi connectivity index (χ2v) is 8.57. The van der Waals surface area contributed by atoms with Gasteiger partial charge in [-0.05, 0) is 28.7 Å². The number of hydrogen-bond acceptors (Lipinski definition) is 5. The zero-order valence-electron chi connectivity index (χ0n) is 15.4. The Labute approximate surface area is 158 Å². The maximum Gasteiger partial charge on any atom is 0.193 e. The average molecular weight is 366 g/mol. The number of benzene rings is 1. The predicted octanol–water partition coefficient (Wildman–Crippen LogP) is 4.16. The summed E-state index contributed by atoms with van der Waals surface area (Å²) in [5.41, 5.74) is 3.87. The van der Waals surface area contributed by atoms with Gasteiger partial charge in [0.15, 0.2) is 11.0 Å². The molecule has 1 aliphatic rings. The highest BCUT2D eigenvalue weighted by Gasteiger charge is 2.23. The lowest BCUT2D eigenvalue weighted by Gasteiger charge is -2.27. The van der Waals surface area contributed by atoms with Crippen molar-refractivity contribution in [2.45, 2.75) is 44.6 Å². The highest BCUT2D eigenvalue weighted by molar-refractivity contribution is 7.99. The summed E-state index contributed by atoms with van der Waals surface area (Å²) in [6.07, 6.45) is 3.69. The van der Waals surface area contributed by atoms with Crippen LogP contribution in [0.2, 0.25) is 0 Å². The van der Waals surface area contributed by atoms with Crippen molar-refractivity contribution in [3.8, 4) is 11.4 Å². The van der Waals surface area contributed by atoms with Gasteiger partial charge in [0.25, 0.3) is 0 Å². The number of pyridine rings is 1. The topological polar surface area (TPSA) is 46.8 Å². The van der Waals surface area contributed by atoms with E-state index in [-0.39, 0.29) is 5.41 Å². The Bertz CT molecular complexity index is 881. The maximum atomic E-state index is 4.46. The Morgan fingerprint density at radius 1 is 1.00 bits per heavy atom. The first-order chi connectivity index (χ1) is 12.5. The summed E-state index contributed by atoms with van der Waals surface area (Å²) in [7, 11) is 0. The van der Waals surface area contributed by atoms with Crippen LogP contribution in [0, 0.1) is 0 Å². The molecule has 0 aliphatic carbocycles. The van der Waals surface area contributed by atoms with E-state index in [1.165, 1.54) is 11.1 Å². The van der Waals surface area contributed by atoms with Crippen molar-refractivity contribution in [3.05, 3.63) is 59.9 Å². The van der Waals surface area contributed by atoms with Gasteiger partial charge >= 0.3 is 0 Å². The zero-order chi connectivity index (χ0) is 18.1. The van der Waals surface area contributed by atoms with Gasteiger partial charge in [0.05, 0.1) is 12.5 Å². The summed E-state index contributed by atoms with van der Waals surface area (Å²) in [5, 5.41) is 9.83. The molecule has 0 bridgehead atoms. The van der Waals surface area contributed by atoms with Crippen molar-refractivity contribution in [2.75, 3.05) is 5.88 Å². The van der Waals surface area contributed by atoms with E-state index in [0.29, 0.717) is 0 Å². The molecule has 0 radical (unpaired) electrons. The molecular weight excluding hydrogens is 342 g/mol. The summed E-state index contributed by atoms with van der Waals surface area (Å²) in [4.78, 5) is 6.49. The minimum atomic E-state index is 0.153. The van der Waals surface area contributed by atoms with Gasteiger partial charge in [0.1, 0.15) is 0 Å². The third kappa shape index (κ3) is 3.52. The zero-order valence-corrected chi connectivity index (χ0v) is 16.2. The molecule has 0 fully saturated rings. The third-order valence-electron chi connectivity index (χ3n) is 4.60. The van der Waals surface area contributed by atoms with Crippen molar-refractivity contribution in [3.63, 3.8) is 0 Å². The summed E-state index contributed by atoms with van der Waals surface area (Å²) in [5.74, 6) is 1.86. The summed E-state index contributed by atoms with van der Waals surface area (Å²) < 4.78 is 2.21. The molecular formula is C20H23N5S. The van der Waals surface area contributed by atoms with E-state index in [2.05, 4.69) is 81.8 Å². The lowest BCUT2D eigenvalue weighted by molar-refractivity contribution is 0.231. The Kier molecular flexibility index (Phi) is 4.54. The fourth-order valence-electron chi connectivity index (χ4n) is 3.09. The number of hydrogen-bond donors (Lipinski definition) is 0. The molecule has 0 N–H and O–H groups in total. The van der Waals surface area contributed by atoms with Gasteiger partial charge in [-0.3, -0.25) is 14.5 Å². The molecule has 0 atom stereocenters. The minimum Gasteiger partial charge on any atom is -0.288 e. The molecule has 0 unspecified atom stereocenters. The van der Waals surface area contributed by atoms with E-state index in [4.69, 9.17) is 0 Å². The van der Waals surface area contributed by atoms with E-state index in [1.54, 1.807) is 11.8 Å². The lowest BCUT2D eigenvalue weighted by atomic mass is 9.87. The van der Waals surface area contributed by atoms with Crippen LogP contribution in [0.15, 0.2) is 53.9 Å². The maximum absolute atomic E-state index is 4.46. The first-order valence-electron chi connectivity index (χ1n) is 8.79. The van der Waals surface area contributed by atoms with Gasteiger partial charge in [-0.25, -0.2) is 0 Å². The third-order valence-corrected chi connectivity index (χ3v) is 5.65. The molecule has 5 nitrogen and oxygen atoms in total. The van der Waals surface area contributed by atoms with Crippen LogP contribution in [-0.4, -0.2) is 30.5 Å². The Hall–Kier alpha value is -2.18. The Balaban J connectivity index is 1.57. The van der Waals surface area contributed by atoms with Crippen LogP contribution in [0.3, 0.4) is 0 Å². The molecule has 1 aliphatic heterocycles. The minimum absolute atomic E-state index is 0.153. The van der Waals surface area contributed by atoms with Crippen molar-refractivity contribution < 1.29 is 0 Å². The van der Waals surface area contributed by atoms with Crippen LogP contribution in [-0.2, 0) is 18.6 Å². The number of thioether (sulfide) groups is 1. The average Bonchev–Trinajstić information content (AvgIpc) is 3.05. The molecule has 134 valence electrons. The van der Waals surface area contributed by atoms with Gasteiger partial charge < -0.3 is 0 Å². The molecule has 1 aromatic carbocycles. The van der Waals surface area contributed by atoms with E-state index < -0.39 is 0 Å². The van der Waals surface area contributed by atoms with Crippen LogP contribution in [0.25, 0.3) is 11.4 Å². The molecule has 6 heteroatoms. The molecule has 0 amide bonds. The van der Waals surface area contributed by atoms with Crippen molar-refractivity contribution in [1.82, 2.24) is 24.6 Å². The standard InChI is InChI=1S/C20H23N5S/c1-20(2,3)17-6-4-16(5-7-17)18-22-23-19-25(18)13-24(14-26-19)12-15-8-10-21-11-9-15/h4-11H,12-14H2,1-3H3. The molecule has 0 saturated carbocycles.